The zero-order chi connectivity index (χ0) is 12.3. The van der Waals surface area contributed by atoms with E-state index in [0.29, 0.717) is 6.10 Å². The maximum absolute atomic E-state index is 5.75. The Morgan fingerprint density at radius 2 is 2.12 bits per heavy atom. The van der Waals surface area contributed by atoms with Gasteiger partial charge >= 0.3 is 0 Å². The Balaban J connectivity index is 2.47. The summed E-state index contributed by atoms with van der Waals surface area (Å²) >= 11 is 0. The lowest BCUT2D eigenvalue weighted by molar-refractivity contribution is 0.134. The SMILES string of the molecule is CCCCC#C/C=C(\CCCC)C1CCCO1. The van der Waals surface area contributed by atoms with Gasteiger partial charge in [-0.3, -0.25) is 0 Å². The molecule has 0 saturated carbocycles. The summed E-state index contributed by atoms with van der Waals surface area (Å²) in [5.41, 5.74) is 1.42. The van der Waals surface area contributed by atoms with Crippen LogP contribution < -0.4 is 0 Å². The maximum Gasteiger partial charge on any atom is 0.0795 e. The van der Waals surface area contributed by atoms with Gasteiger partial charge in [-0.15, -0.1) is 0 Å². The van der Waals surface area contributed by atoms with Gasteiger partial charge < -0.3 is 4.74 Å². The second kappa shape index (κ2) is 9.31. The van der Waals surface area contributed by atoms with Gasteiger partial charge in [0.2, 0.25) is 0 Å². The molecule has 1 unspecified atom stereocenters. The number of rotatable bonds is 6. The Kier molecular flexibility index (Phi) is 7.84. The van der Waals surface area contributed by atoms with Crippen molar-refractivity contribution in [3.63, 3.8) is 0 Å². The van der Waals surface area contributed by atoms with Crippen molar-refractivity contribution in [3.05, 3.63) is 11.6 Å². The van der Waals surface area contributed by atoms with Gasteiger partial charge in [0.15, 0.2) is 0 Å². The van der Waals surface area contributed by atoms with Gasteiger partial charge in [-0.25, -0.2) is 0 Å². The van der Waals surface area contributed by atoms with Crippen LogP contribution in [-0.4, -0.2) is 12.7 Å². The van der Waals surface area contributed by atoms with Gasteiger partial charge in [0.1, 0.15) is 0 Å². The molecule has 0 N–H and O–H groups in total. The normalized spacial score (nSPS) is 20.1. The molecule has 1 aliphatic rings. The minimum absolute atomic E-state index is 0.363. The highest BCUT2D eigenvalue weighted by atomic mass is 16.5. The van der Waals surface area contributed by atoms with E-state index in [1.54, 1.807) is 0 Å². The summed E-state index contributed by atoms with van der Waals surface area (Å²) in [6, 6.07) is 0. The highest BCUT2D eigenvalue weighted by molar-refractivity contribution is 5.24. The highest BCUT2D eigenvalue weighted by Crippen LogP contribution is 2.23. The van der Waals surface area contributed by atoms with Crippen LogP contribution in [0.15, 0.2) is 11.6 Å². The van der Waals surface area contributed by atoms with Crippen molar-refractivity contribution in [2.75, 3.05) is 6.61 Å². The second-order valence-corrected chi connectivity index (χ2v) is 4.75. The van der Waals surface area contributed by atoms with Gasteiger partial charge in [-0.1, -0.05) is 38.5 Å². The Labute approximate surface area is 107 Å². The van der Waals surface area contributed by atoms with Crippen molar-refractivity contribution >= 4 is 0 Å². The van der Waals surface area contributed by atoms with E-state index in [-0.39, 0.29) is 0 Å². The van der Waals surface area contributed by atoms with Crippen molar-refractivity contribution < 1.29 is 4.74 Å². The minimum Gasteiger partial charge on any atom is -0.374 e. The fraction of sp³-hybridized carbons (Fsp3) is 0.750. The van der Waals surface area contributed by atoms with Gasteiger partial charge in [0.25, 0.3) is 0 Å². The fourth-order valence-corrected chi connectivity index (χ4v) is 2.06. The molecular weight excluding hydrogens is 208 g/mol. The molecule has 1 saturated heterocycles. The monoisotopic (exact) mass is 234 g/mol. The fourth-order valence-electron chi connectivity index (χ4n) is 2.06. The molecule has 96 valence electrons. The summed E-state index contributed by atoms with van der Waals surface area (Å²) in [7, 11) is 0. The highest BCUT2D eigenvalue weighted by Gasteiger charge is 2.19. The van der Waals surface area contributed by atoms with Crippen LogP contribution >= 0.6 is 0 Å². The van der Waals surface area contributed by atoms with Crippen LogP contribution in [0.2, 0.25) is 0 Å². The number of hydrogen-bond acceptors (Lipinski definition) is 1. The van der Waals surface area contributed by atoms with Crippen molar-refractivity contribution in [1.29, 1.82) is 0 Å². The van der Waals surface area contributed by atoms with Crippen LogP contribution in [0.4, 0.5) is 0 Å². The van der Waals surface area contributed by atoms with E-state index in [0.717, 1.165) is 19.4 Å². The molecule has 17 heavy (non-hydrogen) atoms. The summed E-state index contributed by atoms with van der Waals surface area (Å²) < 4.78 is 5.75. The third-order valence-electron chi connectivity index (χ3n) is 3.18. The molecule has 0 bridgehead atoms. The Morgan fingerprint density at radius 3 is 2.76 bits per heavy atom. The summed E-state index contributed by atoms with van der Waals surface area (Å²) in [6.45, 7) is 5.37. The quantitative estimate of drug-likeness (QED) is 0.486. The molecule has 0 aliphatic carbocycles. The lowest BCUT2D eigenvalue weighted by atomic mass is 10.0. The predicted octanol–water partition coefficient (Wildman–Crippen LogP) is 4.48. The van der Waals surface area contributed by atoms with E-state index in [2.05, 4.69) is 31.8 Å². The van der Waals surface area contributed by atoms with E-state index in [1.165, 1.54) is 44.1 Å². The molecule has 0 radical (unpaired) electrons. The first-order chi connectivity index (χ1) is 8.38. The molecule has 0 amide bonds. The third-order valence-corrected chi connectivity index (χ3v) is 3.18. The lowest BCUT2D eigenvalue weighted by Gasteiger charge is -2.12. The van der Waals surface area contributed by atoms with Crippen LogP contribution in [0.25, 0.3) is 0 Å². The van der Waals surface area contributed by atoms with Crippen LogP contribution in [-0.2, 0) is 4.74 Å². The summed E-state index contributed by atoms with van der Waals surface area (Å²) in [5, 5.41) is 0. The molecule has 0 spiro atoms. The van der Waals surface area contributed by atoms with Crippen molar-refractivity contribution in [2.24, 2.45) is 0 Å². The molecular formula is C16H26O. The Morgan fingerprint density at radius 1 is 1.29 bits per heavy atom. The zero-order valence-corrected chi connectivity index (χ0v) is 11.4. The number of allylic oxidation sites excluding steroid dienone is 1. The number of hydrogen-bond donors (Lipinski definition) is 0. The largest absolute Gasteiger partial charge is 0.374 e. The first-order valence-electron chi connectivity index (χ1n) is 7.17. The van der Waals surface area contributed by atoms with Gasteiger partial charge in [0, 0.05) is 13.0 Å². The maximum atomic E-state index is 5.75. The van der Waals surface area contributed by atoms with Gasteiger partial charge in [0.05, 0.1) is 6.10 Å². The van der Waals surface area contributed by atoms with Crippen LogP contribution in [0.1, 0.15) is 65.2 Å². The standard InChI is InChI=1S/C16H26O/c1-3-5-7-8-9-12-15(11-6-4-2)16-13-10-14-17-16/h12,16H,3-7,10-11,13-14H2,1-2H3/b15-12+. The molecule has 1 aliphatic heterocycles. The van der Waals surface area contributed by atoms with Crippen LogP contribution in [0, 0.1) is 11.8 Å². The van der Waals surface area contributed by atoms with Crippen molar-refractivity contribution in [3.8, 4) is 11.8 Å². The molecule has 0 aromatic carbocycles. The summed E-state index contributed by atoms with van der Waals surface area (Å²) in [4.78, 5) is 0. The topological polar surface area (TPSA) is 9.23 Å². The first-order valence-corrected chi connectivity index (χ1v) is 7.17. The van der Waals surface area contributed by atoms with E-state index in [4.69, 9.17) is 4.74 Å². The van der Waals surface area contributed by atoms with E-state index in [1.807, 2.05) is 0 Å². The van der Waals surface area contributed by atoms with E-state index in [9.17, 15) is 0 Å². The molecule has 0 aromatic rings. The molecule has 1 heterocycles. The molecule has 1 fully saturated rings. The predicted molar refractivity (Wildman–Crippen MR) is 73.9 cm³/mol. The molecule has 1 rings (SSSR count). The third kappa shape index (κ3) is 5.94. The first kappa shape index (κ1) is 14.3. The van der Waals surface area contributed by atoms with Crippen molar-refractivity contribution in [1.82, 2.24) is 0 Å². The van der Waals surface area contributed by atoms with Gasteiger partial charge in [-0.05, 0) is 43.8 Å². The average Bonchev–Trinajstić information content (AvgIpc) is 2.86. The Hall–Kier alpha value is -0.740. The Bertz CT molecular complexity index is 274. The van der Waals surface area contributed by atoms with Crippen LogP contribution in [0.3, 0.4) is 0 Å². The van der Waals surface area contributed by atoms with E-state index >= 15 is 0 Å². The van der Waals surface area contributed by atoms with Crippen LogP contribution in [0.5, 0.6) is 0 Å². The van der Waals surface area contributed by atoms with Gasteiger partial charge in [-0.2, -0.15) is 0 Å². The smallest absolute Gasteiger partial charge is 0.0795 e. The molecule has 1 heteroatoms. The molecule has 1 atom stereocenters. The molecule has 0 aromatic heterocycles. The van der Waals surface area contributed by atoms with E-state index < -0.39 is 0 Å². The number of unbranched alkanes of at least 4 members (excludes halogenated alkanes) is 3. The summed E-state index contributed by atoms with van der Waals surface area (Å²) in [6.07, 6.45) is 12.0. The number of ether oxygens (including phenoxy) is 1. The lowest BCUT2D eigenvalue weighted by Crippen LogP contribution is -2.08. The zero-order valence-electron chi connectivity index (χ0n) is 11.4. The molecule has 1 nitrogen and oxygen atoms in total. The minimum atomic E-state index is 0.363. The average molecular weight is 234 g/mol. The second-order valence-electron chi connectivity index (χ2n) is 4.75. The van der Waals surface area contributed by atoms with Crippen molar-refractivity contribution in [2.45, 2.75) is 71.3 Å². The summed E-state index contributed by atoms with van der Waals surface area (Å²) in [5.74, 6) is 6.45.